The van der Waals surface area contributed by atoms with Gasteiger partial charge in [0.05, 0.1) is 44.1 Å². The average Bonchev–Trinajstić information content (AvgIpc) is 3.31. The van der Waals surface area contributed by atoms with Crippen molar-refractivity contribution in [1.82, 2.24) is 0 Å². The van der Waals surface area contributed by atoms with Crippen molar-refractivity contribution >= 4 is 0 Å². The molecule has 2 aromatic rings. The van der Waals surface area contributed by atoms with E-state index in [-0.39, 0.29) is 32.0 Å². The van der Waals surface area contributed by atoms with Crippen LogP contribution >= 0.6 is 0 Å². The van der Waals surface area contributed by atoms with Gasteiger partial charge in [-0.25, -0.2) is 0 Å². The van der Waals surface area contributed by atoms with E-state index in [1.54, 1.807) is 0 Å². The Kier molecular flexibility index (Phi) is 9.56. The summed E-state index contributed by atoms with van der Waals surface area (Å²) in [7, 11) is 0. The Morgan fingerprint density at radius 3 is 2.20 bits per heavy atom. The van der Waals surface area contributed by atoms with Crippen LogP contribution in [0.15, 0.2) is 83.0 Å². The number of hydrogen-bond acceptors (Lipinski definition) is 8. The molecule has 1 aliphatic carbocycles. The minimum absolute atomic E-state index is 0.0536. The molecule has 2 heterocycles. The molecule has 2 aliphatic heterocycles. The van der Waals surface area contributed by atoms with Crippen molar-refractivity contribution in [2.45, 2.75) is 88.2 Å². The van der Waals surface area contributed by atoms with E-state index >= 15 is 0 Å². The van der Waals surface area contributed by atoms with E-state index in [2.05, 4.69) is 20.1 Å². The number of nitrogens with zero attached hydrogens (tertiary/aromatic N) is 6. The lowest BCUT2D eigenvalue weighted by molar-refractivity contribution is -0.306. The minimum atomic E-state index is -0.978. The van der Waals surface area contributed by atoms with Crippen molar-refractivity contribution in [3.05, 3.63) is 105 Å². The van der Waals surface area contributed by atoms with Crippen LogP contribution in [0.4, 0.5) is 0 Å². The van der Waals surface area contributed by atoms with Crippen LogP contribution in [-0.2, 0) is 41.6 Å². The molecule has 41 heavy (non-hydrogen) atoms. The highest BCUT2D eigenvalue weighted by atomic mass is 16.8. The standard InChI is InChI=1S/C29H34N6O6/c1-29(2)40-22-15-9-14-21(25(22)41-29)38-28-27(37-18-20-12-7-4-8-13-20)24(33-35-31)26(23(39-28)16-32-34-30)36-17-19-10-5-3-6-11-19/h3-13,15,21-28H,14,16-18H2,1-2H3/t21-,22+,23+,24-,25-,26+,27+,28-/m0/s1. The summed E-state index contributed by atoms with van der Waals surface area (Å²) < 4.78 is 37.9. The molecule has 0 N–H and O–H groups in total. The molecule has 5 rings (SSSR count). The number of hydrogen-bond donors (Lipinski definition) is 0. The lowest BCUT2D eigenvalue weighted by atomic mass is 9.95. The lowest BCUT2D eigenvalue weighted by Gasteiger charge is -2.46. The highest BCUT2D eigenvalue weighted by molar-refractivity contribution is 5.15. The van der Waals surface area contributed by atoms with Crippen LogP contribution in [0.1, 0.15) is 31.4 Å². The summed E-state index contributed by atoms with van der Waals surface area (Å²) in [5, 5.41) is 7.88. The third kappa shape index (κ3) is 7.26. The Bertz CT molecular complexity index is 1270. The quantitative estimate of drug-likeness (QED) is 0.147. The van der Waals surface area contributed by atoms with Crippen molar-refractivity contribution in [2.24, 2.45) is 10.2 Å². The van der Waals surface area contributed by atoms with Crippen molar-refractivity contribution in [1.29, 1.82) is 0 Å². The number of benzene rings is 2. The first-order valence-corrected chi connectivity index (χ1v) is 13.7. The second kappa shape index (κ2) is 13.5. The fraction of sp³-hybridized carbons (Fsp3) is 0.517. The van der Waals surface area contributed by atoms with Gasteiger partial charge in [0.1, 0.15) is 18.3 Å². The SMILES string of the molecule is CC1(C)O[C@H]2[C@@H](O[C@H]3O[C@H](CN=[N+]=[N-])[C@@H](OCc4ccccc4)[C@H](N=[N+]=[N-])[C@H]3OCc3ccccc3)CC=C[C@H]2O1. The molecule has 12 heteroatoms. The van der Waals surface area contributed by atoms with Crippen molar-refractivity contribution < 1.29 is 28.4 Å². The molecule has 0 unspecified atom stereocenters. The van der Waals surface area contributed by atoms with Crippen LogP contribution in [0.3, 0.4) is 0 Å². The van der Waals surface area contributed by atoms with Gasteiger partial charge in [0.25, 0.3) is 0 Å². The Morgan fingerprint density at radius 2 is 1.56 bits per heavy atom. The fourth-order valence-corrected chi connectivity index (χ4v) is 5.42. The van der Waals surface area contributed by atoms with Gasteiger partial charge in [-0.05, 0) is 42.5 Å². The van der Waals surface area contributed by atoms with Crippen LogP contribution in [0.25, 0.3) is 20.9 Å². The Hall–Kier alpha value is -3.44. The van der Waals surface area contributed by atoms with Gasteiger partial charge in [-0.1, -0.05) is 83.0 Å². The molecule has 2 saturated heterocycles. The fourth-order valence-electron chi connectivity index (χ4n) is 5.42. The summed E-state index contributed by atoms with van der Waals surface area (Å²) >= 11 is 0. The van der Waals surface area contributed by atoms with Crippen LogP contribution in [-0.4, -0.2) is 61.3 Å². The first-order chi connectivity index (χ1) is 20.0. The van der Waals surface area contributed by atoms with Gasteiger partial charge < -0.3 is 28.4 Å². The van der Waals surface area contributed by atoms with Gasteiger partial charge >= 0.3 is 0 Å². The molecular weight excluding hydrogens is 528 g/mol. The smallest absolute Gasteiger partial charge is 0.185 e. The Balaban J connectivity index is 1.44. The molecule has 8 atom stereocenters. The second-order valence-electron chi connectivity index (χ2n) is 10.6. The van der Waals surface area contributed by atoms with E-state index in [1.807, 2.05) is 86.7 Å². The third-order valence-corrected chi connectivity index (χ3v) is 7.23. The Labute approximate surface area is 238 Å². The van der Waals surface area contributed by atoms with E-state index in [1.165, 1.54) is 0 Å². The molecule has 216 valence electrons. The molecule has 0 bridgehead atoms. The molecule has 12 nitrogen and oxygen atoms in total. The summed E-state index contributed by atoms with van der Waals surface area (Å²) in [6, 6.07) is 18.4. The summed E-state index contributed by atoms with van der Waals surface area (Å²) in [5.41, 5.74) is 20.6. The Morgan fingerprint density at radius 1 is 0.902 bits per heavy atom. The first kappa shape index (κ1) is 29.1. The summed E-state index contributed by atoms with van der Waals surface area (Å²) in [6.07, 6.45) is 0.112. The van der Waals surface area contributed by atoms with Gasteiger partial charge in [0.2, 0.25) is 0 Å². The van der Waals surface area contributed by atoms with Gasteiger partial charge in [0.15, 0.2) is 12.1 Å². The number of rotatable bonds is 11. The van der Waals surface area contributed by atoms with Gasteiger partial charge in [-0.2, -0.15) is 0 Å². The van der Waals surface area contributed by atoms with Crippen molar-refractivity contribution in [3.63, 3.8) is 0 Å². The lowest BCUT2D eigenvalue weighted by Crippen LogP contribution is -2.61. The summed E-state index contributed by atoms with van der Waals surface area (Å²) in [5.74, 6) is -0.768. The van der Waals surface area contributed by atoms with E-state index < -0.39 is 42.5 Å². The van der Waals surface area contributed by atoms with Crippen LogP contribution < -0.4 is 0 Å². The molecule has 0 radical (unpaired) electrons. The molecule has 0 aromatic heterocycles. The zero-order chi connectivity index (χ0) is 28.7. The summed E-state index contributed by atoms with van der Waals surface area (Å²) in [6.45, 7) is 4.12. The molecule has 2 fully saturated rings. The van der Waals surface area contributed by atoms with E-state index in [0.29, 0.717) is 6.42 Å². The minimum Gasteiger partial charge on any atom is -0.370 e. The number of fused-ring (bicyclic) bond motifs is 1. The maximum atomic E-state index is 9.61. The van der Waals surface area contributed by atoms with E-state index in [4.69, 9.17) is 34.0 Å². The second-order valence-corrected chi connectivity index (χ2v) is 10.6. The number of ether oxygens (including phenoxy) is 6. The van der Waals surface area contributed by atoms with Gasteiger partial charge in [-0.15, -0.1) is 0 Å². The normalized spacial score (nSPS) is 32.0. The van der Waals surface area contributed by atoms with Gasteiger partial charge in [0, 0.05) is 9.82 Å². The molecular formula is C29H34N6O6. The van der Waals surface area contributed by atoms with Crippen LogP contribution in [0.2, 0.25) is 0 Å². The van der Waals surface area contributed by atoms with E-state index in [0.717, 1.165) is 11.1 Å². The summed E-state index contributed by atoms with van der Waals surface area (Å²) in [4.78, 5) is 6.05. The monoisotopic (exact) mass is 562 g/mol. The van der Waals surface area contributed by atoms with Crippen molar-refractivity contribution in [2.75, 3.05) is 6.54 Å². The molecule has 0 spiro atoms. The zero-order valence-corrected chi connectivity index (χ0v) is 23.0. The van der Waals surface area contributed by atoms with Gasteiger partial charge in [-0.3, -0.25) is 0 Å². The van der Waals surface area contributed by atoms with E-state index in [9.17, 15) is 5.53 Å². The number of azide groups is 2. The predicted octanol–water partition coefficient (Wildman–Crippen LogP) is 5.74. The largest absolute Gasteiger partial charge is 0.370 e. The predicted molar refractivity (Wildman–Crippen MR) is 148 cm³/mol. The highest BCUT2D eigenvalue weighted by Crippen LogP contribution is 2.38. The maximum Gasteiger partial charge on any atom is 0.185 e. The van der Waals surface area contributed by atoms with Crippen LogP contribution in [0, 0.1) is 0 Å². The molecule has 0 amide bonds. The van der Waals surface area contributed by atoms with Crippen LogP contribution in [0.5, 0.6) is 0 Å². The van der Waals surface area contributed by atoms with Crippen molar-refractivity contribution in [3.8, 4) is 0 Å². The average molecular weight is 563 g/mol. The topological polar surface area (TPSA) is 153 Å². The zero-order valence-electron chi connectivity index (χ0n) is 23.0. The third-order valence-electron chi connectivity index (χ3n) is 7.23. The molecule has 3 aliphatic rings. The first-order valence-electron chi connectivity index (χ1n) is 13.7. The highest BCUT2D eigenvalue weighted by Gasteiger charge is 2.51. The molecule has 2 aromatic carbocycles. The molecule has 0 saturated carbocycles. The maximum absolute atomic E-state index is 9.61.